The summed E-state index contributed by atoms with van der Waals surface area (Å²) in [4.78, 5) is 26.1. The molecule has 2 aromatic heterocycles. The normalized spacial score (nSPS) is 21.0. The van der Waals surface area contributed by atoms with E-state index < -0.39 is 15.9 Å². The molecule has 1 N–H and O–H groups in total. The maximum atomic E-state index is 13.2. The molecule has 4 rings (SSSR count). The summed E-state index contributed by atoms with van der Waals surface area (Å²) in [6.45, 7) is 8.57. The molecule has 1 amide bonds. The molecular weight excluding hydrogens is 454 g/mol. The third-order valence-electron chi connectivity index (χ3n) is 6.67. The van der Waals surface area contributed by atoms with E-state index in [1.165, 1.54) is 6.07 Å². The lowest BCUT2D eigenvalue weighted by Crippen LogP contribution is -2.41. The number of rotatable bonds is 6. The topological polar surface area (TPSA) is 105 Å². The van der Waals surface area contributed by atoms with Crippen LogP contribution in [0.5, 0.6) is 0 Å². The van der Waals surface area contributed by atoms with Crippen LogP contribution in [-0.2, 0) is 14.8 Å². The number of hydrogen-bond acceptors (Lipinski definition) is 8. The van der Waals surface area contributed by atoms with Crippen molar-refractivity contribution >= 4 is 27.6 Å². The fraction of sp³-hybridized carbons (Fsp3) is 0.542. The fourth-order valence-electron chi connectivity index (χ4n) is 5.03. The van der Waals surface area contributed by atoms with Crippen molar-refractivity contribution in [3.05, 3.63) is 42.1 Å². The number of ether oxygens (including phenoxy) is 1. The van der Waals surface area contributed by atoms with Crippen LogP contribution < -0.4 is 14.5 Å². The summed E-state index contributed by atoms with van der Waals surface area (Å²) in [5, 5.41) is -0.187. The number of amides is 1. The van der Waals surface area contributed by atoms with Crippen LogP contribution in [0.3, 0.4) is 0 Å². The molecule has 2 aliphatic heterocycles. The zero-order chi connectivity index (χ0) is 24.5. The van der Waals surface area contributed by atoms with Crippen LogP contribution in [0.15, 0.2) is 41.6 Å². The van der Waals surface area contributed by atoms with Gasteiger partial charge in [0.1, 0.15) is 11.6 Å². The quantitative estimate of drug-likeness (QED) is 0.663. The van der Waals surface area contributed by atoms with E-state index in [9.17, 15) is 13.2 Å². The number of carbonyl (C=O) groups excluding carboxylic acids is 1. The lowest BCUT2D eigenvalue weighted by atomic mass is 9.97. The van der Waals surface area contributed by atoms with Crippen LogP contribution in [0, 0.1) is 5.92 Å². The molecule has 4 heterocycles. The van der Waals surface area contributed by atoms with Crippen molar-refractivity contribution in [1.29, 1.82) is 0 Å². The number of carbonyl (C=O) groups is 1. The van der Waals surface area contributed by atoms with Gasteiger partial charge >= 0.3 is 0 Å². The average molecular weight is 488 g/mol. The molecule has 0 bridgehead atoms. The lowest BCUT2D eigenvalue weighted by Gasteiger charge is -2.33. The Labute approximate surface area is 201 Å². The van der Waals surface area contributed by atoms with Gasteiger partial charge in [0.15, 0.2) is 5.03 Å². The molecule has 2 aromatic rings. The Balaban J connectivity index is 1.55. The van der Waals surface area contributed by atoms with Crippen LogP contribution in [-0.4, -0.2) is 62.7 Å². The molecule has 184 valence electrons. The van der Waals surface area contributed by atoms with E-state index in [-0.39, 0.29) is 22.2 Å². The van der Waals surface area contributed by atoms with Crippen molar-refractivity contribution in [3.63, 3.8) is 0 Å². The first-order chi connectivity index (χ1) is 16.1. The fourth-order valence-corrected chi connectivity index (χ4v) is 5.96. The van der Waals surface area contributed by atoms with E-state index in [0.717, 1.165) is 38.9 Å². The van der Waals surface area contributed by atoms with Crippen molar-refractivity contribution < 1.29 is 17.9 Å². The van der Waals surface area contributed by atoms with Gasteiger partial charge in [0.05, 0.1) is 11.7 Å². The molecule has 2 saturated heterocycles. The van der Waals surface area contributed by atoms with Crippen LogP contribution in [0.1, 0.15) is 50.4 Å². The summed E-state index contributed by atoms with van der Waals surface area (Å²) >= 11 is 0. The van der Waals surface area contributed by atoms with Crippen molar-refractivity contribution in [1.82, 2.24) is 14.7 Å². The molecule has 0 saturated carbocycles. The second-order valence-corrected chi connectivity index (χ2v) is 11.4. The highest BCUT2D eigenvalue weighted by molar-refractivity contribution is 7.90. The van der Waals surface area contributed by atoms with E-state index in [1.54, 1.807) is 37.6 Å². The molecular formula is C24H33N5O4S. The summed E-state index contributed by atoms with van der Waals surface area (Å²) in [5.74, 6) is 0.788. The number of nitrogens with zero attached hydrogens (tertiary/aromatic N) is 4. The Kier molecular flexibility index (Phi) is 6.82. The first-order valence-electron chi connectivity index (χ1n) is 11.7. The molecule has 0 aromatic carbocycles. The predicted octanol–water partition coefficient (Wildman–Crippen LogP) is 2.84. The lowest BCUT2D eigenvalue weighted by molar-refractivity contribution is 0.0817. The molecule has 2 fully saturated rings. The first kappa shape index (κ1) is 24.4. The van der Waals surface area contributed by atoms with Gasteiger partial charge in [-0.25, -0.2) is 14.7 Å². The van der Waals surface area contributed by atoms with Gasteiger partial charge in [0.2, 0.25) is 0 Å². The minimum atomic E-state index is -4.17. The van der Waals surface area contributed by atoms with Gasteiger partial charge in [-0.05, 0) is 63.3 Å². The Morgan fingerprint density at radius 2 is 1.91 bits per heavy atom. The highest BCUT2D eigenvalue weighted by Gasteiger charge is 2.39. The number of pyridine rings is 2. The number of methoxy groups -OCH3 is 1. The van der Waals surface area contributed by atoms with Crippen LogP contribution in [0.2, 0.25) is 0 Å². The Morgan fingerprint density at radius 3 is 2.56 bits per heavy atom. The van der Waals surface area contributed by atoms with Gasteiger partial charge < -0.3 is 14.5 Å². The van der Waals surface area contributed by atoms with Gasteiger partial charge in [0, 0.05) is 38.5 Å². The van der Waals surface area contributed by atoms with Gasteiger partial charge in [-0.15, -0.1) is 0 Å². The second kappa shape index (κ2) is 9.50. The number of sulfonamides is 1. The van der Waals surface area contributed by atoms with Gasteiger partial charge in [-0.3, -0.25) is 4.79 Å². The predicted molar refractivity (Wildman–Crippen MR) is 131 cm³/mol. The van der Waals surface area contributed by atoms with Crippen molar-refractivity contribution in [2.45, 2.75) is 56.7 Å². The monoisotopic (exact) mass is 487 g/mol. The highest BCUT2D eigenvalue weighted by Crippen LogP contribution is 2.37. The molecule has 0 aliphatic carbocycles. The average Bonchev–Trinajstić information content (AvgIpc) is 3.10. The van der Waals surface area contributed by atoms with Crippen molar-refractivity contribution in [2.24, 2.45) is 5.92 Å². The minimum Gasteiger partial charge on any atom is -0.381 e. The summed E-state index contributed by atoms with van der Waals surface area (Å²) in [5.41, 5.74) is 0.0411. The third kappa shape index (κ3) is 5.02. The SMILES string of the molecule is COC1CCN(c2cccc(S(=O)(=O)NC(=O)c3cccnc3N3CC(C)CC3(C)C)n2)CC1. The third-order valence-corrected chi connectivity index (χ3v) is 7.90. The molecule has 0 radical (unpaired) electrons. The molecule has 1 atom stereocenters. The Morgan fingerprint density at radius 1 is 1.18 bits per heavy atom. The van der Waals surface area contributed by atoms with E-state index in [0.29, 0.717) is 17.6 Å². The van der Waals surface area contributed by atoms with Crippen molar-refractivity contribution in [3.8, 4) is 0 Å². The summed E-state index contributed by atoms with van der Waals surface area (Å²) in [6.07, 6.45) is 4.49. The maximum Gasteiger partial charge on any atom is 0.281 e. The minimum absolute atomic E-state index is 0.187. The Bertz CT molecular complexity index is 1150. The van der Waals surface area contributed by atoms with E-state index >= 15 is 0 Å². The van der Waals surface area contributed by atoms with Gasteiger partial charge in [0.25, 0.3) is 15.9 Å². The van der Waals surface area contributed by atoms with E-state index in [4.69, 9.17) is 4.74 Å². The van der Waals surface area contributed by atoms with Gasteiger partial charge in [-0.2, -0.15) is 8.42 Å². The zero-order valence-electron chi connectivity index (χ0n) is 20.2. The zero-order valence-corrected chi connectivity index (χ0v) is 21.0. The maximum absolute atomic E-state index is 13.2. The molecule has 2 aliphatic rings. The number of hydrogen-bond donors (Lipinski definition) is 1. The summed E-state index contributed by atoms with van der Waals surface area (Å²) < 4.78 is 33.8. The van der Waals surface area contributed by atoms with Gasteiger partial charge in [-0.1, -0.05) is 13.0 Å². The standard InChI is InChI=1S/C24H33N5O4S/c1-17-15-24(2,3)29(16-17)22-19(7-6-12-25-22)23(30)27-34(31,32)21-9-5-8-20(26-21)28-13-10-18(33-4)11-14-28/h5-9,12,17-18H,10-11,13-16H2,1-4H3,(H,27,30). The van der Waals surface area contributed by atoms with Crippen molar-refractivity contribution in [2.75, 3.05) is 36.5 Å². The number of nitrogens with one attached hydrogen (secondary N) is 1. The molecule has 0 spiro atoms. The van der Waals surface area contributed by atoms with Crippen LogP contribution in [0.4, 0.5) is 11.6 Å². The molecule has 9 nitrogen and oxygen atoms in total. The molecule has 34 heavy (non-hydrogen) atoms. The molecule has 10 heteroatoms. The summed E-state index contributed by atoms with van der Waals surface area (Å²) in [6, 6.07) is 8.07. The highest BCUT2D eigenvalue weighted by atomic mass is 32.2. The van der Waals surface area contributed by atoms with E-state index in [2.05, 4.69) is 40.4 Å². The van der Waals surface area contributed by atoms with Crippen LogP contribution in [0.25, 0.3) is 0 Å². The number of aromatic nitrogens is 2. The summed E-state index contributed by atoms with van der Waals surface area (Å²) in [7, 11) is -2.47. The van der Waals surface area contributed by atoms with Crippen LogP contribution >= 0.6 is 0 Å². The first-order valence-corrected chi connectivity index (χ1v) is 13.1. The largest absolute Gasteiger partial charge is 0.381 e. The number of piperidine rings is 1. The molecule has 1 unspecified atom stereocenters. The Hall–Kier alpha value is -2.72. The van der Waals surface area contributed by atoms with E-state index in [1.807, 2.05) is 4.90 Å². The number of anilines is 2. The smallest absolute Gasteiger partial charge is 0.281 e. The second-order valence-electron chi connectivity index (χ2n) is 9.80.